The number of nitrogens with one attached hydrogen (secondary N) is 1. The summed E-state index contributed by atoms with van der Waals surface area (Å²) in [5.74, 6) is 0.282. The Morgan fingerprint density at radius 1 is 1.00 bits per heavy atom. The molecule has 0 saturated carbocycles. The van der Waals surface area contributed by atoms with Crippen LogP contribution in [0.3, 0.4) is 0 Å². The number of rotatable bonds is 8. The van der Waals surface area contributed by atoms with Crippen LogP contribution in [0.4, 0.5) is 11.5 Å². The Labute approximate surface area is 183 Å². The molecule has 7 nitrogen and oxygen atoms in total. The second-order valence-corrected chi connectivity index (χ2v) is 9.74. The van der Waals surface area contributed by atoms with E-state index in [0.717, 1.165) is 9.87 Å². The largest absolute Gasteiger partial charge is 0.325 e. The predicted octanol–water partition coefficient (Wildman–Crippen LogP) is 4.42. The maximum absolute atomic E-state index is 13.4. The van der Waals surface area contributed by atoms with Gasteiger partial charge >= 0.3 is 0 Å². The SMILES string of the molecule is CC(C)c1ccc(NC(=O)CN(c2ccnn2C(C)C)S(=O)(=O)c2ccccc2)cc1. The van der Waals surface area contributed by atoms with Crippen LogP contribution in [0.2, 0.25) is 0 Å². The molecular formula is C23H28N4O3S. The van der Waals surface area contributed by atoms with Gasteiger partial charge in [0.2, 0.25) is 5.91 Å². The first kappa shape index (κ1) is 22.6. The molecule has 0 aliphatic rings. The molecule has 1 heterocycles. The molecule has 0 unspecified atom stereocenters. The van der Waals surface area contributed by atoms with E-state index >= 15 is 0 Å². The highest BCUT2D eigenvalue weighted by Gasteiger charge is 2.30. The Bertz CT molecular complexity index is 1120. The van der Waals surface area contributed by atoms with Crippen LogP contribution in [0.25, 0.3) is 0 Å². The van der Waals surface area contributed by atoms with Crippen molar-refractivity contribution < 1.29 is 13.2 Å². The first-order valence-electron chi connectivity index (χ1n) is 10.2. The lowest BCUT2D eigenvalue weighted by atomic mass is 10.0. The highest BCUT2D eigenvalue weighted by molar-refractivity contribution is 7.92. The molecule has 1 aromatic heterocycles. The maximum Gasteiger partial charge on any atom is 0.265 e. The van der Waals surface area contributed by atoms with Gasteiger partial charge in [0, 0.05) is 17.8 Å². The van der Waals surface area contributed by atoms with Gasteiger partial charge in [-0.3, -0.25) is 4.79 Å². The summed E-state index contributed by atoms with van der Waals surface area (Å²) in [4.78, 5) is 13.0. The predicted molar refractivity (Wildman–Crippen MR) is 123 cm³/mol. The zero-order chi connectivity index (χ0) is 22.6. The van der Waals surface area contributed by atoms with Crippen molar-refractivity contribution >= 4 is 27.4 Å². The summed E-state index contributed by atoms with van der Waals surface area (Å²) in [6.45, 7) is 7.62. The van der Waals surface area contributed by atoms with Gasteiger partial charge < -0.3 is 5.32 Å². The van der Waals surface area contributed by atoms with E-state index in [1.54, 1.807) is 28.9 Å². The van der Waals surface area contributed by atoms with E-state index in [0.29, 0.717) is 17.4 Å². The molecule has 3 rings (SSSR count). The van der Waals surface area contributed by atoms with Crippen LogP contribution in [-0.4, -0.2) is 30.7 Å². The highest BCUT2D eigenvalue weighted by Crippen LogP contribution is 2.26. The lowest BCUT2D eigenvalue weighted by Crippen LogP contribution is -2.39. The fourth-order valence-electron chi connectivity index (χ4n) is 3.19. The molecule has 8 heteroatoms. The van der Waals surface area contributed by atoms with Crippen LogP contribution < -0.4 is 9.62 Å². The van der Waals surface area contributed by atoms with Crippen molar-refractivity contribution in [1.29, 1.82) is 0 Å². The van der Waals surface area contributed by atoms with E-state index < -0.39 is 15.9 Å². The molecule has 0 saturated heterocycles. The lowest BCUT2D eigenvalue weighted by molar-refractivity contribution is -0.114. The van der Waals surface area contributed by atoms with Crippen molar-refractivity contribution in [2.45, 2.75) is 44.6 Å². The number of hydrogen-bond donors (Lipinski definition) is 1. The molecule has 2 aromatic carbocycles. The Balaban J connectivity index is 1.91. The molecule has 1 amide bonds. The number of carbonyl (C=O) groups is 1. The summed E-state index contributed by atoms with van der Waals surface area (Å²) >= 11 is 0. The first-order chi connectivity index (χ1) is 14.7. The summed E-state index contributed by atoms with van der Waals surface area (Å²) in [6.07, 6.45) is 1.53. The molecule has 0 radical (unpaired) electrons. The number of hydrogen-bond acceptors (Lipinski definition) is 4. The monoisotopic (exact) mass is 440 g/mol. The fourth-order valence-corrected chi connectivity index (χ4v) is 4.63. The molecule has 0 fully saturated rings. The highest BCUT2D eigenvalue weighted by atomic mass is 32.2. The smallest absolute Gasteiger partial charge is 0.265 e. The van der Waals surface area contributed by atoms with Crippen molar-refractivity contribution in [2.24, 2.45) is 0 Å². The van der Waals surface area contributed by atoms with Crippen LogP contribution in [0, 0.1) is 0 Å². The van der Waals surface area contributed by atoms with Crippen molar-refractivity contribution in [3.05, 3.63) is 72.4 Å². The number of aromatic nitrogens is 2. The van der Waals surface area contributed by atoms with Crippen LogP contribution in [0.15, 0.2) is 71.8 Å². The van der Waals surface area contributed by atoms with Crippen molar-refractivity contribution in [1.82, 2.24) is 9.78 Å². The average Bonchev–Trinajstić information content (AvgIpc) is 3.22. The van der Waals surface area contributed by atoms with E-state index in [-0.39, 0.29) is 17.5 Å². The van der Waals surface area contributed by atoms with E-state index in [2.05, 4.69) is 24.3 Å². The quantitative estimate of drug-likeness (QED) is 0.562. The minimum atomic E-state index is -3.97. The standard InChI is InChI=1S/C23H28N4O3S/c1-17(2)19-10-12-20(13-11-19)25-22(28)16-26(23-14-15-24-27(23)18(3)4)31(29,30)21-8-6-5-7-9-21/h5-15,17-18H,16H2,1-4H3,(H,25,28). The van der Waals surface area contributed by atoms with Gasteiger partial charge in [0.25, 0.3) is 10.0 Å². The third-order valence-electron chi connectivity index (χ3n) is 4.87. The summed E-state index contributed by atoms with van der Waals surface area (Å²) in [7, 11) is -3.97. The summed E-state index contributed by atoms with van der Waals surface area (Å²) in [6, 6.07) is 17.2. The first-order valence-corrected chi connectivity index (χ1v) is 11.6. The molecule has 0 aliphatic carbocycles. The van der Waals surface area contributed by atoms with Gasteiger partial charge in [-0.2, -0.15) is 5.10 Å². The van der Waals surface area contributed by atoms with E-state index in [4.69, 9.17) is 0 Å². The van der Waals surface area contributed by atoms with Crippen molar-refractivity contribution in [3.8, 4) is 0 Å². The van der Waals surface area contributed by atoms with Crippen LogP contribution >= 0.6 is 0 Å². The van der Waals surface area contributed by atoms with Crippen LogP contribution in [0.1, 0.15) is 45.2 Å². The minimum absolute atomic E-state index is 0.0786. The molecule has 1 N–H and O–H groups in total. The maximum atomic E-state index is 13.4. The zero-order valence-electron chi connectivity index (χ0n) is 18.2. The topological polar surface area (TPSA) is 84.3 Å². The Morgan fingerprint density at radius 2 is 1.65 bits per heavy atom. The van der Waals surface area contributed by atoms with Crippen molar-refractivity contribution in [3.63, 3.8) is 0 Å². The Kier molecular flexibility index (Phi) is 6.80. The molecule has 3 aromatic rings. The van der Waals surface area contributed by atoms with Gasteiger partial charge in [-0.1, -0.05) is 44.2 Å². The third-order valence-corrected chi connectivity index (χ3v) is 6.64. The van der Waals surface area contributed by atoms with Crippen LogP contribution in [0.5, 0.6) is 0 Å². The number of sulfonamides is 1. The number of benzene rings is 2. The normalized spacial score (nSPS) is 11.7. The molecule has 0 bridgehead atoms. The molecule has 164 valence electrons. The lowest BCUT2D eigenvalue weighted by Gasteiger charge is -2.25. The van der Waals surface area contributed by atoms with Gasteiger partial charge in [0.15, 0.2) is 0 Å². The minimum Gasteiger partial charge on any atom is -0.325 e. The number of nitrogens with zero attached hydrogens (tertiary/aromatic N) is 3. The van der Waals surface area contributed by atoms with E-state index in [9.17, 15) is 13.2 Å². The van der Waals surface area contributed by atoms with Gasteiger partial charge in [-0.05, 0) is 49.6 Å². The molecule has 0 atom stereocenters. The van der Waals surface area contributed by atoms with Gasteiger partial charge in [-0.25, -0.2) is 17.4 Å². The second kappa shape index (κ2) is 9.34. The van der Waals surface area contributed by atoms with Gasteiger partial charge in [0.05, 0.1) is 11.1 Å². The van der Waals surface area contributed by atoms with Crippen LogP contribution in [-0.2, 0) is 14.8 Å². The third kappa shape index (κ3) is 5.14. The summed E-state index contributed by atoms with van der Waals surface area (Å²) in [5, 5.41) is 7.04. The van der Waals surface area contributed by atoms with Crippen molar-refractivity contribution in [2.75, 3.05) is 16.2 Å². The average molecular weight is 441 g/mol. The number of anilines is 2. The molecule has 31 heavy (non-hydrogen) atoms. The number of amides is 1. The summed E-state index contributed by atoms with van der Waals surface area (Å²) in [5.41, 5.74) is 1.77. The van der Waals surface area contributed by atoms with Gasteiger partial charge in [-0.15, -0.1) is 0 Å². The van der Waals surface area contributed by atoms with E-state index in [1.807, 2.05) is 38.1 Å². The molecular weight excluding hydrogens is 412 g/mol. The number of carbonyl (C=O) groups excluding carboxylic acids is 1. The van der Waals surface area contributed by atoms with Gasteiger partial charge in [0.1, 0.15) is 12.4 Å². The second-order valence-electron chi connectivity index (χ2n) is 7.88. The van der Waals surface area contributed by atoms with E-state index in [1.165, 1.54) is 18.3 Å². The molecule has 0 spiro atoms. The molecule has 0 aliphatic heterocycles. The Morgan fingerprint density at radius 3 is 2.23 bits per heavy atom. The summed E-state index contributed by atoms with van der Waals surface area (Å²) < 4.78 is 29.5. The Hall–Kier alpha value is -3.13. The fraction of sp³-hybridized carbons (Fsp3) is 0.304. The zero-order valence-corrected chi connectivity index (χ0v) is 19.0.